The molecular weight excluding hydrogens is 198 g/mol. The van der Waals surface area contributed by atoms with Gasteiger partial charge in [-0.05, 0) is 31.1 Å². The van der Waals surface area contributed by atoms with Crippen molar-refractivity contribution in [2.75, 3.05) is 0 Å². The number of hydrogen-bond acceptors (Lipinski definition) is 2. The van der Waals surface area contributed by atoms with Gasteiger partial charge in [-0.3, -0.25) is 0 Å². The van der Waals surface area contributed by atoms with Gasteiger partial charge < -0.3 is 0 Å². The molecule has 0 unspecified atom stereocenters. The van der Waals surface area contributed by atoms with Gasteiger partial charge in [0.25, 0.3) is 0 Å². The molecule has 0 spiro atoms. The Morgan fingerprint density at radius 1 is 1.56 bits per heavy atom. The first-order valence-corrected chi connectivity index (χ1v) is 5.33. The van der Waals surface area contributed by atoms with Crippen LogP contribution in [-0.4, -0.2) is 16.0 Å². The summed E-state index contributed by atoms with van der Waals surface area (Å²) in [5, 5.41) is 4.13. The molecule has 3 nitrogen and oxygen atoms in total. The molecule has 0 atom stereocenters. The predicted molar refractivity (Wildman–Crippen MR) is 69.2 cm³/mol. The first kappa shape index (κ1) is 12.2. The van der Waals surface area contributed by atoms with Crippen LogP contribution in [0.25, 0.3) is 5.82 Å². The Hall–Kier alpha value is -1.90. The molecule has 0 aliphatic carbocycles. The van der Waals surface area contributed by atoms with E-state index in [0.717, 1.165) is 17.8 Å². The SMILES string of the molecule is C=C\C=C(/C=N/C(=C/C)n1cccn1)CC. The molecule has 0 saturated carbocycles. The molecule has 0 fully saturated rings. The van der Waals surface area contributed by atoms with Crippen LogP contribution in [0, 0.1) is 0 Å². The number of aromatic nitrogens is 2. The van der Waals surface area contributed by atoms with Crippen molar-refractivity contribution >= 4 is 12.0 Å². The van der Waals surface area contributed by atoms with Gasteiger partial charge >= 0.3 is 0 Å². The molecule has 0 aliphatic heterocycles. The number of allylic oxidation sites excluding steroid dienone is 4. The fourth-order valence-corrected chi connectivity index (χ4v) is 1.22. The van der Waals surface area contributed by atoms with Gasteiger partial charge in [0, 0.05) is 18.6 Å². The van der Waals surface area contributed by atoms with E-state index in [9.17, 15) is 0 Å². The zero-order chi connectivity index (χ0) is 11.8. The lowest BCUT2D eigenvalue weighted by molar-refractivity contribution is 0.886. The zero-order valence-corrected chi connectivity index (χ0v) is 9.80. The monoisotopic (exact) mass is 215 g/mol. The zero-order valence-electron chi connectivity index (χ0n) is 9.80. The maximum absolute atomic E-state index is 4.39. The Balaban J connectivity index is 2.83. The highest BCUT2D eigenvalue weighted by molar-refractivity contribution is 5.82. The largest absolute Gasteiger partial charge is 0.237 e. The molecule has 1 rings (SSSR count). The van der Waals surface area contributed by atoms with E-state index in [2.05, 4.69) is 23.6 Å². The first-order chi connectivity index (χ1) is 7.81. The van der Waals surface area contributed by atoms with Crippen LogP contribution in [0.3, 0.4) is 0 Å². The highest BCUT2D eigenvalue weighted by atomic mass is 15.3. The van der Waals surface area contributed by atoms with Crippen molar-refractivity contribution < 1.29 is 0 Å². The highest BCUT2D eigenvalue weighted by Crippen LogP contribution is 2.05. The van der Waals surface area contributed by atoms with Crippen molar-refractivity contribution in [1.29, 1.82) is 0 Å². The van der Waals surface area contributed by atoms with E-state index >= 15 is 0 Å². The van der Waals surface area contributed by atoms with Gasteiger partial charge in [0.1, 0.15) is 5.82 Å². The van der Waals surface area contributed by atoms with Crippen molar-refractivity contribution in [1.82, 2.24) is 9.78 Å². The maximum atomic E-state index is 4.39. The molecule has 3 heteroatoms. The lowest BCUT2D eigenvalue weighted by Gasteiger charge is -2.00. The van der Waals surface area contributed by atoms with Crippen molar-refractivity contribution in [3.8, 4) is 0 Å². The summed E-state index contributed by atoms with van der Waals surface area (Å²) in [6.07, 6.45) is 12.0. The summed E-state index contributed by atoms with van der Waals surface area (Å²) in [7, 11) is 0. The van der Waals surface area contributed by atoms with E-state index in [1.54, 1.807) is 17.0 Å². The minimum absolute atomic E-state index is 0.813. The molecule has 16 heavy (non-hydrogen) atoms. The van der Waals surface area contributed by atoms with Crippen LogP contribution in [0.1, 0.15) is 20.3 Å². The summed E-state index contributed by atoms with van der Waals surface area (Å²) < 4.78 is 1.73. The summed E-state index contributed by atoms with van der Waals surface area (Å²) in [4.78, 5) is 4.39. The van der Waals surface area contributed by atoms with E-state index in [-0.39, 0.29) is 0 Å². The van der Waals surface area contributed by atoms with E-state index in [1.807, 2.05) is 37.6 Å². The third-order valence-corrected chi connectivity index (χ3v) is 2.10. The van der Waals surface area contributed by atoms with Crippen molar-refractivity contribution in [2.24, 2.45) is 4.99 Å². The molecule has 0 radical (unpaired) electrons. The summed E-state index contributed by atoms with van der Waals surface area (Å²) in [6, 6.07) is 1.87. The fourth-order valence-electron chi connectivity index (χ4n) is 1.22. The van der Waals surface area contributed by atoms with Gasteiger partial charge in [0.05, 0.1) is 0 Å². The third kappa shape index (κ3) is 3.35. The van der Waals surface area contributed by atoms with Gasteiger partial charge in [-0.2, -0.15) is 5.10 Å². The lowest BCUT2D eigenvalue weighted by atomic mass is 10.2. The summed E-state index contributed by atoms with van der Waals surface area (Å²) in [5.41, 5.74) is 1.14. The van der Waals surface area contributed by atoms with Gasteiger partial charge in [-0.15, -0.1) is 0 Å². The highest BCUT2D eigenvalue weighted by Gasteiger charge is 1.95. The van der Waals surface area contributed by atoms with Gasteiger partial charge in [0.15, 0.2) is 0 Å². The Bertz CT molecular complexity index is 408. The second-order valence-electron chi connectivity index (χ2n) is 3.19. The third-order valence-electron chi connectivity index (χ3n) is 2.10. The van der Waals surface area contributed by atoms with Crippen molar-refractivity contribution in [3.05, 3.63) is 48.8 Å². The standard InChI is InChI=1S/C13H17N3/c1-4-8-12(5-2)11-14-13(6-3)16-10-7-9-15-16/h4,6-11H,1,5H2,2-3H3/b12-8-,13-6-,14-11+. The van der Waals surface area contributed by atoms with E-state index in [4.69, 9.17) is 0 Å². The summed E-state index contributed by atoms with van der Waals surface area (Å²) >= 11 is 0. The van der Waals surface area contributed by atoms with Crippen LogP contribution in [0.15, 0.2) is 53.8 Å². The topological polar surface area (TPSA) is 30.2 Å². The normalized spacial score (nSPS) is 13.4. The lowest BCUT2D eigenvalue weighted by Crippen LogP contribution is -1.95. The molecule has 1 heterocycles. The molecule has 0 aromatic carbocycles. The molecule has 1 aromatic heterocycles. The minimum Gasteiger partial charge on any atom is -0.237 e. The van der Waals surface area contributed by atoms with Crippen molar-refractivity contribution in [3.63, 3.8) is 0 Å². The molecule has 0 N–H and O–H groups in total. The number of aliphatic imine (C=N–C) groups is 1. The summed E-state index contributed by atoms with van der Waals surface area (Å²) in [6.45, 7) is 7.70. The molecule has 0 saturated heterocycles. The number of hydrogen-bond donors (Lipinski definition) is 0. The Kier molecular flexibility index (Phi) is 4.99. The molecule has 84 valence electrons. The molecular formula is C13H17N3. The average Bonchev–Trinajstić information content (AvgIpc) is 2.82. The quantitative estimate of drug-likeness (QED) is 0.547. The van der Waals surface area contributed by atoms with Gasteiger partial charge in [-0.1, -0.05) is 25.7 Å². The molecule has 0 bridgehead atoms. The minimum atomic E-state index is 0.813. The van der Waals surface area contributed by atoms with Crippen LogP contribution >= 0.6 is 0 Å². The Morgan fingerprint density at radius 3 is 2.88 bits per heavy atom. The number of nitrogens with zero attached hydrogens (tertiary/aromatic N) is 3. The second kappa shape index (κ2) is 6.56. The first-order valence-electron chi connectivity index (χ1n) is 5.33. The summed E-state index contributed by atoms with van der Waals surface area (Å²) in [5.74, 6) is 0.813. The number of rotatable bonds is 5. The van der Waals surface area contributed by atoms with E-state index in [0.29, 0.717) is 0 Å². The van der Waals surface area contributed by atoms with Crippen molar-refractivity contribution in [2.45, 2.75) is 20.3 Å². The predicted octanol–water partition coefficient (Wildman–Crippen LogP) is 3.29. The van der Waals surface area contributed by atoms with E-state index < -0.39 is 0 Å². The van der Waals surface area contributed by atoms with Crippen LogP contribution in [0.5, 0.6) is 0 Å². The molecule has 0 amide bonds. The van der Waals surface area contributed by atoms with Gasteiger partial charge in [-0.25, -0.2) is 9.67 Å². The molecule has 0 aliphatic rings. The Labute approximate surface area is 96.5 Å². The smallest absolute Gasteiger partial charge is 0.148 e. The van der Waals surface area contributed by atoms with Crippen LogP contribution in [0.4, 0.5) is 0 Å². The average molecular weight is 215 g/mol. The molecule has 1 aromatic rings. The van der Waals surface area contributed by atoms with E-state index in [1.165, 1.54) is 0 Å². The van der Waals surface area contributed by atoms with Crippen LogP contribution in [-0.2, 0) is 0 Å². The Morgan fingerprint density at radius 2 is 2.38 bits per heavy atom. The van der Waals surface area contributed by atoms with Crippen LogP contribution < -0.4 is 0 Å². The van der Waals surface area contributed by atoms with Gasteiger partial charge in [0.2, 0.25) is 0 Å². The fraction of sp³-hybridized carbons (Fsp3) is 0.231. The van der Waals surface area contributed by atoms with Crippen LogP contribution in [0.2, 0.25) is 0 Å². The maximum Gasteiger partial charge on any atom is 0.148 e. The second-order valence-corrected chi connectivity index (χ2v) is 3.19.